The maximum absolute atomic E-state index is 9.49. The van der Waals surface area contributed by atoms with E-state index in [4.69, 9.17) is 4.74 Å². The molecule has 2 aliphatic heterocycles. The number of rotatable bonds is 12. The number of benzene rings is 2. The topological polar surface area (TPSA) is 75.3 Å². The third-order valence-corrected chi connectivity index (χ3v) is 7.43. The first-order valence-corrected chi connectivity index (χ1v) is 13.5. The number of anilines is 1. The van der Waals surface area contributed by atoms with Gasteiger partial charge in [-0.2, -0.15) is 0 Å². The lowest BCUT2D eigenvalue weighted by Gasteiger charge is -2.35. The standard InChI is InChI=1S/C28H44N6O2/c1-3-32(4-2)13-14-33-15-17-34(18-16-33)19-20-36-27-11-7-25(8-12-27)31-28-29-21-24(22-30-28)23-5-9-26(35)10-6-23/h5-12,24,28-31,35H,3-4,13-22H2,1-2H3. The predicted molar refractivity (Wildman–Crippen MR) is 147 cm³/mol. The Morgan fingerprint density at radius 3 is 2.11 bits per heavy atom. The van der Waals surface area contributed by atoms with E-state index >= 15 is 0 Å². The van der Waals surface area contributed by atoms with Crippen LogP contribution in [0.4, 0.5) is 5.69 Å². The number of hydrogen-bond acceptors (Lipinski definition) is 8. The number of phenols is 1. The SMILES string of the molecule is CCN(CC)CCN1CCN(CCOc2ccc(NC3NCC(c4ccc(O)cc4)CN3)cc2)CC1. The van der Waals surface area contributed by atoms with Crippen molar-refractivity contribution in [2.75, 3.05) is 83.9 Å². The molecule has 2 fully saturated rings. The van der Waals surface area contributed by atoms with Crippen molar-refractivity contribution in [3.63, 3.8) is 0 Å². The molecule has 2 aromatic rings. The molecule has 8 nitrogen and oxygen atoms in total. The van der Waals surface area contributed by atoms with Gasteiger partial charge in [-0.25, -0.2) is 0 Å². The molecule has 198 valence electrons. The highest BCUT2D eigenvalue weighted by Crippen LogP contribution is 2.21. The van der Waals surface area contributed by atoms with Crippen molar-refractivity contribution < 1.29 is 9.84 Å². The molecule has 0 radical (unpaired) electrons. The summed E-state index contributed by atoms with van der Waals surface area (Å²) in [6, 6.07) is 15.7. The van der Waals surface area contributed by atoms with Crippen LogP contribution >= 0.6 is 0 Å². The van der Waals surface area contributed by atoms with Gasteiger partial charge in [0.05, 0.1) is 0 Å². The molecular weight excluding hydrogens is 452 g/mol. The van der Waals surface area contributed by atoms with Crippen LogP contribution in [0.2, 0.25) is 0 Å². The highest BCUT2D eigenvalue weighted by molar-refractivity contribution is 5.47. The molecule has 0 unspecified atom stereocenters. The second-order valence-electron chi connectivity index (χ2n) is 9.77. The molecule has 2 aromatic carbocycles. The fourth-order valence-electron chi connectivity index (χ4n) is 4.91. The zero-order chi connectivity index (χ0) is 25.2. The van der Waals surface area contributed by atoms with E-state index in [9.17, 15) is 5.11 Å². The molecule has 4 rings (SSSR count). The Morgan fingerprint density at radius 1 is 0.889 bits per heavy atom. The van der Waals surface area contributed by atoms with Crippen molar-refractivity contribution in [2.45, 2.75) is 26.1 Å². The van der Waals surface area contributed by atoms with E-state index in [-0.39, 0.29) is 6.29 Å². The smallest absolute Gasteiger partial charge is 0.132 e. The first-order chi connectivity index (χ1) is 17.6. The zero-order valence-corrected chi connectivity index (χ0v) is 22.0. The molecule has 4 N–H and O–H groups in total. The molecular formula is C28H44N6O2. The summed E-state index contributed by atoms with van der Waals surface area (Å²) in [6.45, 7) is 17.1. The van der Waals surface area contributed by atoms with Crippen molar-refractivity contribution in [1.29, 1.82) is 0 Å². The van der Waals surface area contributed by atoms with Crippen LogP contribution in [0.3, 0.4) is 0 Å². The van der Waals surface area contributed by atoms with Crippen molar-refractivity contribution >= 4 is 5.69 Å². The van der Waals surface area contributed by atoms with Crippen LogP contribution in [0, 0.1) is 0 Å². The van der Waals surface area contributed by atoms with E-state index < -0.39 is 0 Å². The highest BCUT2D eigenvalue weighted by Gasteiger charge is 2.21. The van der Waals surface area contributed by atoms with Crippen LogP contribution in [0.5, 0.6) is 11.5 Å². The van der Waals surface area contributed by atoms with E-state index in [1.165, 1.54) is 18.7 Å². The van der Waals surface area contributed by atoms with Gasteiger partial charge in [0.1, 0.15) is 24.4 Å². The zero-order valence-electron chi connectivity index (χ0n) is 22.0. The van der Waals surface area contributed by atoms with E-state index in [0.717, 1.165) is 76.9 Å². The predicted octanol–water partition coefficient (Wildman–Crippen LogP) is 2.40. The average Bonchev–Trinajstić information content (AvgIpc) is 2.92. The molecule has 0 saturated carbocycles. The number of nitrogens with zero attached hydrogens (tertiary/aromatic N) is 3. The van der Waals surface area contributed by atoms with Gasteiger partial charge in [0, 0.05) is 70.5 Å². The summed E-state index contributed by atoms with van der Waals surface area (Å²) in [5.74, 6) is 1.60. The molecule has 2 saturated heterocycles. The monoisotopic (exact) mass is 496 g/mol. The first-order valence-electron chi connectivity index (χ1n) is 13.5. The maximum atomic E-state index is 9.49. The number of piperazine rings is 1. The molecule has 2 aliphatic rings. The van der Waals surface area contributed by atoms with Gasteiger partial charge in [-0.1, -0.05) is 26.0 Å². The maximum Gasteiger partial charge on any atom is 0.132 e. The van der Waals surface area contributed by atoms with E-state index in [2.05, 4.69) is 56.6 Å². The molecule has 0 bridgehead atoms. The number of likely N-dealkylation sites (N-methyl/N-ethyl adjacent to an activating group) is 1. The Hall–Kier alpha value is -2.36. The summed E-state index contributed by atoms with van der Waals surface area (Å²) in [6.07, 6.45) is 0.0239. The average molecular weight is 497 g/mol. The van der Waals surface area contributed by atoms with Gasteiger partial charge in [0.25, 0.3) is 0 Å². The van der Waals surface area contributed by atoms with Crippen LogP contribution < -0.4 is 20.7 Å². The van der Waals surface area contributed by atoms with Gasteiger partial charge >= 0.3 is 0 Å². The molecule has 0 amide bonds. The van der Waals surface area contributed by atoms with Gasteiger partial charge in [0.2, 0.25) is 0 Å². The van der Waals surface area contributed by atoms with Crippen molar-refractivity contribution in [2.24, 2.45) is 0 Å². The first kappa shape index (κ1) is 26.7. The summed E-state index contributed by atoms with van der Waals surface area (Å²) >= 11 is 0. The molecule has 0 atom stereocenters. The third kappa shape index (κ3) is 8.08. The van der Waals surface area contributed by atoms with E-state index in [1.807, 2.05) is 24.3 Å². The second-order valence-corrected chi connectivity index (χ2v) is 9.77. The number of nitrogens with one attached hydrogen (secondary N) is 3. The van der Waals surface area contributed by atoms with Gasteiger partial charge in [-0.3, -0.25) is 20.4 Å². The van der Waals surface area contributed by atoms with Crippen molar-refractivity contribution in [3.8, 4) is 11.5 Å². The van der Waals surface area contributed by atoms with Gasteiger partial charge in [-0.15, -0.1) is 0 Å². The number of aromatic hydroxyl groups is 1. The van der Waals surface area contributed by atoms with E-state index in [0.29, 0.717) is 11.7 Å². The molecule has 2 heterocycles. The van der Waals surface area contributed by atoms with Crippen LogP contribution in [-0.2, 0) is 0 Å². The summed E-state index contributed by atoms with van der Waals surface area (Å²) in [7, 11) is 0. The molecule has 36 heavy (non-hydrogen) atoms. The van der Waals surface area contributed by atoms with E-state index in [1.54, 1.807) is 12.1 Å². The highest BCUT2D eigenvalue weighted by atomic mass is 16.5. The Labute approximate surface area is 216 Å². The van der Waals surface area contributed by atoms with Gasteiger partial charge < -0.3 is 20.1 Å². The van der Waals surface area contributed by atoms with Crippen molar-refractivity contribution in [1.82, 2.24) is 25.3 Å². The van der Waals surface area contributed by atoms with Crippen LogP contribution in [0.15, 0.2) is 48.5 Å². The van der Waals surface area contributed by atoms with Gasteiger partial charge in [-0.05, 0) is 55.1 Å². The minimum atomic E-state index is 0.0239. The third-order valence-electron chi connectivity index (χ3n) is 7.43. The molecule has 0 spiro atoms. The fourth-order valence-corrected chi connectivity index (χ4v) is 4.91. The number of phenolic OH excluding ortho intramolecular Hbond substituents is 1. The summed E-state index contributed by atoms with van der Waals surface area (Å²) in [5, 5.41) is 20.0. The Bertz CT molecular complexity index is 874. The van der Waals surface area contributed by atoms with Crippen LogP contribution in [0.25, 0.3) is 0 Å². The van der Waals surface area contributed by atoms with Crippen LogP contribution in [-0.4, -0.2) is 105 Å². The Morgan fingerprint density at radius 2 is 1.50 bits per heavy atom. The molecule has 0 aromatic heterocycles. The molecule has 0 aliphatic carbocycles. The fraction of sp³-hybridized carbons (Fsp3) is 0.571. The lowest BCUT2D eigenvalue weighted by Crippen LogP contribution is -2.55. The number of ether oxygens (including phenoxy) is 1. The quantitative estimate of drug-likeness (QED) is 0.357. The van der Waals surface area contributed by atoms with Crippen LogP contribution in [0.1, 0.15) is 25.3 Å². The number of hydrogen-bond donors (Lipinski definition) is 4. The summed E-state index contributed by atoms with van der Waals surface area (Å²) in [5.41, 5.74) is 2.28. The second kappa shape index (κ2) is 13.8. The summed E-state index contributed by atoms with van der Waals surface area (Å²) in [4.78, 5) is 7.60. The largest absolute Gasteiger partial charge is 0.508 e. The Balaban J connectivity index is 1.10. The minimum Gasteiger partial charge on any atom is -0.508 e. The van der Waals surface area contributed by atoms with Crippen molar-refractivity contribution in [3.05, 3.63) is 54.1 Å². The lowest BCUT2D eigenvalue weighted by molar-refractivity contribution is 0.108. The Kier molecular flexibility index (Phi) is 10.2. The normalized spacial score (nSPS) is 21.5. The summed E-state index contributed by atoms with van der Waals surface area (Å²) < 4.78 is 6.02. The lowest BCUT2D eigenvalue weighted by atomic mass is 9.97. The van der Waals surface area contributed by atoms with Gasteiger partial charge in [0.15, 0.2) is 0 Å². The minimum absolute atomic E-state index is 0.0239. The molecule has 8 heteroatoms.